The van der Waals surface area contributed by atoms with E-state index < -0.39 is 0 Å². The van der Waals surface area contributed by atoms with Crippen molar-refractivity contribution in [2.24, 2.45) is 5.73 Å². The van der Waals surface area contributed by atoms with Crippen molar-refractivity contribution in [1.29, 1.82) is 0 Å². The van der Waals surface area contributed by atoms with Crippen LogP contribution in [-0.4, -0.2) is 55.1 Å². The number of hydrogen-bond acceptors (Lipinski definition) is 3. The molecule has 0 spiro atoms. The molecule has 1 saturated heterocycles. The zero-order chi connectivity index (χ0) is 11.6. The van der Waals surface area contributed by atoms with Crippen molar-refractivity contribution in [3.8, 4) is 0 Å². The predicted molar refractivity (Wildman–Crippen MR) is 68.5 cm³/mol. The highest BCUT2D eigenvalue weighted by atomic mass is 15.3. The Balaban J connectivity index is 2.01. The summed E-state index contributed by atoms with van der Waals surface area (Å²) in [7, 11) is 4.37. The van der Waals surface area contributed by atoms with E-state index in [2.05, 4.69) is 23.9 Å². The Morgan fingerprint density at radius 3 is 2.50 bits per heavy atom. The van der Waals surface area contributed by atoms with Crippen LogP contribution in [0.4, 0.5) is 0 Å². The molecule has 0 radical (unpaired) electrons. The van der Waals surface area contributed by atoms with Gasteiger partial charge in [-0.1, -0.05) is 12.8 Å². The molecule has 3 heteroatoms. The predicted octanol–water partition coefficient (Wildman–Crippen LogP) is 1.28. The number of piperidine rings is 1. The lowest BCUT2D eigenvalue weighted by Gasteiger charge is -2.48. The summed E-state index contributed by atoms with van der Waals surface area (Å²) in [6.45, 7) is 3.27. The summed E-state index contributed by atoms with van der Waals surface area (Å²) in [5, 5.41) is 0. The van der Waals surface area contributed by atoms with Crippen molar-refractivity contribution in [3.63, 3.8) is 0 Å². The highest BCUT2D eigenvalue weighted by Crippen LogP contribution is 2.31. The number of likely N-dealkylation sites (N-methyl/N-ethyl adjacent to an activating group) is 1. The van der Waals surface area contributed by atoms with Crippen LogP contribution in [0.3, 0.4) is 0 Å². The molecule has 2 N–H and O–H groups in total. The Morgan fingerprint density at radius 1 is 1.25 bits per heavy atom. The summed E-state index contributed by atoms with van der Waals surface area (Å²) in [5.74, 6) is 0. The van der Waals surface area contributed by atoms with Crippen LogP contribution in [0, 0.1) is 0 Å². The second kappa shape index (κ2) is 5.03. The van der Waals surface area contributed by atoms with Crippen LogP contribution >= 0.6 is 0 Å². The van der Waals surface area contributed by atoms with Gasteiger partial charge in [-0.2, -0.15) is 0 Å². The SMILES string of the molecule is CN(C)C1(CN)CCCN(C2CCCC2)C1. The van der Waals surface area contributed by atoms with E-state index in [1.807, 2.05) is 0 Å². The van der Waals surface area contributed by atoms with Crippen molar-refractivity contribution in [2.45, 2.75) is 50.1 Å². The molecule has 16 heavy (non-hydrogen) atoms. The first-order valence-corrected chi connectivity index (χ1v) is 6.79. The van der Waals surface area contributed by atoms with Crippen molar-refractivity contribution >= 4 is 0 Å². The monoisotopic (exact) mass is 225 g/mol. The number of nitrogens with two attached hydrogens (primary N) is 1. The molecule has 2 rings (SSSR count). The lowest BCUT2D eigenvalue weighted by atomic mass is 9.87. The smallest absolute Gasteiger partial charge is 0.0453 e. The van der Waals surface area contributed by atoms with E-state index in [4.69, 9.17) is 5.73 Å². The average molecular weight is 225 g/mol. The average Bonchev–Trinajstić information content (AvgIpc) is 2.82. The normalized spacial score (nSPS) is 33.8. The summed E-state index contributed by atoms with van der Waals surface area (Å²) in [4.78, 5) is 5.07. The Bertz CT molecular complexity index is 223. The standard InChI is InChI=1S/C13H27N3/c1-15(2)13(10-14)8-5-9-16(11-13)12-6-3-4-7-12/h12H,3-11,14H2,1-2H3. The second-order valence-corrected chi connectivity index (χ2v) is 5.84. The summed E-state index contributed by atoms with van der Waals surface area (Å²) in [5.41, 5.74) is 6.27. The molecule has 2 fully saturated rings. The van der Waals surface area contributed by atoms with Gasteiger partial charge >= 0.3 is 0 Å². The fraction of sp³-hybridized carbons (Fsp3) is 1.00. The summed E-state index contributed by atoms with van der Waals surface area (Å²) < 4.78 is 0. The molecule has 1 heterocycles. The fourth-order valence-electron chi connectivity index (χ4n) is 3.44. The molecular weight excluding hydrogens is 198 g/mol. The molecule has 3 nitrogen and oxygen atoms in total. The van der Waals surface area contributed by atoms with Crippen LogP contribution < -0.4 is 5.73 Å². The third-order valence-electron chi connectivity index (χ3n) is 4.75. The van der Waals surface area contributed by atoms with Crippen molar-refractivity contribution in [1.82, 2.24) is 9.80 Å². The van der Waals surface area contributed by atoms with Gasteiger partial charge in [-0.15, -0.1) is 0 Å². The number of nitrogens with zero attached hydrogens (tertiary/aromatic N) is 2. The van der Waals surface area contributed by atoms with E-state index >= 15 is 0 Å². The highest BCUT2D eigenvalue weighted by Gasteiger charge is 2.38. The molecule has 94 valence electrons. The Hall–Kier alpha value is -0.120. The first-order valence-electron chi connectivity index (χ1n) is 6.79. The van der Waals surface area contributed by atoms with Gasteiger partial charge in [0.1, 0.15) is 0 Å². The molecule has 0 bridgehead atoms. The van der Waals surface area contributed by atoms with Gasteiger partial charge in [-0.3, -0.25) is 4.90 Å². The van der Waals surface area contributed by atoms with Crippen LogP contribution in [-0.2, 0) is 0 Å². The molecule has 1 saturated carbocycles. The van der Waals surface area contributed by atoms with E-state index in [9.17, 15) is 0 Å². The van der Waals surface area contributed by atoms with Crippen LogP contribution in [0.1, 0.15) is 38.5 Å². The summed E-state index contributed by atoms with van der Waals surface area (Å²) in [6.07, 6.45) is 8.26. The number of likely N-dealkylation sites (tertiary alicyclic amines) is 1. The highest BCUT2D eigenvalue weighted by molar-refractivity contribution is 4.97. The molecule has 0 aromatic carbocycles. The van der Waals surface area contributed by atoms with Gasteiger partial charge in [0.05, 0.1) is 0 Å². The summed E-state index contributed by atoms with van der Waals surface area (Å²) >= 11 is 0. The van der Waals surface area contributed by atoms with Gasteiger partial charge < -0.3 is 10.6 Å². The Morgan fingerprint density at radius 2 is 1.94 bits per heavy atom. The first-order chi connectivity index (χ1) is 7.68. The van der Waals surface area contributed by atoms with E-state index in [1.54, 1.807) is 0 Å². The van der Waals surface area contributed by atoms with Crippen molar-refractivity contribution < 1.29 is 0 Å². The third-order valence-corrected chi connectivity index (χ3v) is 4.75. The molecule has 1 aliphatic heterocycles. The zero-order valence-corrected chi connectivity index (χ0v) is 10.9. The third kappa shape index (κ3) is 2.27. The molecule has 0 aromatic rings. The fourth-order valence-corrected chi connectivity index (χ4v) is 3.44. The van der Waals surface area contributed by atoms with Gasteiger partial charge in [-0.25, -0.2) is 0 Å². The number of hydrogen-bond donors (Lipinski definition) is 1. The molecule has 1 atom stereocenters. The minimum Gasteiger partial charge on any atom is -0.329 e. The van der Waals surface area contributed by atoms with E-state index in [1.165, 1.54) is 51.6 Å². The first kappa shape index (κ1) is 12.3. The van der Waals surface area contributed by atoms with Crippen LogP contribution in [0.15, 0.2) is 0 Å². The molecule has 0 amide bonds. The molecule has 2 aliphatic rings. The lowest BCUT2D eigenvalue weighted by Crippen LogP contribution is -2.61. The van der Waals surface area contributed by atoms with Gasteiger partial charge in [-0.05, 0) is 46.3 Å². The topological polar surface area (TPSA) is 32.5 Å². The maximum absolute atomic E-state index is 6.03. The largest absolute Gasteiger partial charge is 0.329 e. The maximum atomic E-state index is 6.03. The van der Waals surface area contributed by atoms with E-state index in [0.717, 1.165) is 12.6 Å². The van der Waals surface area contributed by atoms with E-state index in [-0.39, 0.29) is 5.54 Å². The Kier molecular flexibility index (Phi) is 3.88. The van der Waals surface area contributed by atoms with Crippen molar-refractivity contribution in [3.05, 3.63) is 0 Å². The maximum Gasteiger partial charge on any atom is 0.0453 e. The van der Waals surface area contributed by atoms with Crippen LogP contribution in [0.5, 0.6) is 0 Å². The summed E-state index contributed by atoms with van der Waals surface area (Å²) in [6, 6.07) is 0.853. The zero-order valence-electron chi connectivity index (χ0n) is 10.9. The van der Waals surface area contributed by atoms with Gasteiger partial charge in [0.2, 0.25) is 0 Å². The van der Waals surface area contributed by atoms with E-state index in [0.29, 0.717) is 0 Å². The van der Waals surface area contributed by atoms with Gasteiger partial charge in [0, 0.05) is 24.7 Å². The van der Waals surface area contributed by atoms with Crippen LogP contribution in [0.2, 0.25) is 0 Å². The Labute approximate surface area is 100.0 Å². The minimum atomic E-state index is 0.237. The molecule has 1 unspecified atom stereocenters. The lowest BCUT2D eigenvalue weighted by molar-refractivity contribution is 0.0292. The van der Waals surface area contributed by atoms with Gasteiger partial charge in [0.25, 0.3) is 0 Å². The molecular formula is C13H27N3. The quantitative estimate of drug-likeness (QED) is 0.785. The van der Waals surface area contributed by atoms with Crippen molar-refractivity contribution in [2.75, 3.05) is 33.7 Å². The minimum absolute atomic E-state index is 0.237. The van der Waals surface area contributed by atoms with Gasteiger partial charge in [0.15, 0.2) is 0 Å². The molecule has 1 aliphatic carbocycles. The molecule has 0 aromatic heterocycles. The second-order valence-electron chi connectivity index (χ2n) is 5.84. The number of rotatable bonds is 3. The van der Waals surface area contributed by atoms with Crippen LogP contribution in [0.25, 0.3) is 0 Å².